The van der Waals surface area contributed by atoms with E-state index in [0.29, 0.717) is 6.42 Å². The third-order valence-corrected chi connectivity index (χ3v) is 3.25. The topological polar surface area (TPSA) is 51.9 Å². The Morgan fingerprint density at radius 3 is 2.70 bits per heavy atom. The lowest BCUT2D eigenvalue weighted by molar-refractivity contribution is 0.0397. The van der Waals surface area contributed by atoms with Crippen molar-refractivity contribution in [2.45, 2.75) is 6.42 Å². The van der Waals surface area contributed by atoms with E-state index in [1.54, 1.807) is 0 Å². The first-order chi connectivity index (χ1) is 9.79. The SMILES string of the molecule is CN(CCC#N)c1ccc(/C=N/N2CCOCC2)cc1. The van der Waals surface area contributed by atoms with Gasteiger partial charge in [-0.2, -0.15) is 10.4 Å². The number of nitrogens with zero attached hydrogens (tertiary/aromatic N) is 4. The van der Waals surface area contributed by atoms with Gasteiger partial charge in [-0.15, -0.1) is 0 Å². The molecule has 0 amide bonds. The quantitative estimate of drug-likeness (QED) is 0.766. The van der Waals surface area contributed by atoms with Crippen molar-refractivity contribution in [3.05, 3.63) is 29.8 Å². The molecule has 0 unspecified atom stereocenters. The van der Waals surface area contributed by atoms with Crippen molar-refractivity contribution in [3.63, 3.8) is 0 Å². The number of nitriles is 1. The fraction of sp³-hybridized carbons (Fsp3) is 0.467. The molecule has 0 aromatic heterocycles. The highest BCUT2D eigenvalue weighted by molar-refractivity contribution is 5.80. The van der Waals surface area contributed by atoms with Gasteiger partial charge in [-0.05, 0) is 17.7 Å². The molecule has 1 aliphatic heterocycles. The summed E-state index contributed by atoms with van der Waals surface area (Å²) in [6.45, 7) is 3.95. The summed E-state index contributed by atoms with van der Waals surface area (Å²) in [5.41, 5.74) is 2.19. The Labute approximate surface area is 120 Å². The van der Waals surface area contributed by atoms with Crippen molar-refractivity contribution in [1.29, 1.82) is 5.26 Å². The Kier molecular flexibility index (Phi) is 5.39. The number of morpholine rings is 1. The molecule has 106 valence electrons. The summed E-state index contributed by atoms with van der Waals surface area (Å²) >= 11 is 0. The number of hydrazone groups is 1. The Hall–Kier alpha value is -2.06. The molecule has 20 heavy (non-hydrogen) atoms. The molecule has 5 heteroatoms. The van der Waals surface area contributed by atoms with Gasteiger partial charge in [0.25, 0.3) is 0 Å². The molecule has 1 aromatic rings. The smallest absolute Gasteiger partial charge is 0.0659 e. The largest absolute Gasteiger partial charge is 0.378 e. The number of ether oxygens (including phenoxy) is 1. The fourth-order valence-corrected chi connectivity index (χ4v) is 1.98. The zero-order valence-corrected chi connectivity index (χ0v) is 11.8. The first kappa shape index (κ1) is 14.4. The van der Waals surface area contributed by atoms with Crippen molar-refractivity contribution in [1.82, 2.24) is 5.01 Å². The van der Waals surface area contributed by atoms with Gasteiger partial charge in [-0.3, -0.25) is 5.01 Å². The van der Waals surface area contributed by atoms with Gasteiger partial charge >= 0.3 is 0 Å². The summed E-state index contributed by atoms with van der Waals surface area (Å²) in [6.07, 6.45) is 2.42. The summed E-state index contributed by atoms with van der Waals surface area (Å²) in [6, 6.07) is 10.4. The van der Waals surface area contributed by atoms with Crippen molar-refractivity contribution in [2.75, 3.05) is 44.8 Å². The van der Waals surface area contributed by atoms with Crippen LogP contribution in [0.3, 0.4) is 0 Å². The number of hydrogen-bond acceptors (Lipinski definition) is 5. The minimum atomic E-state index is 0.538. The van der Waals surface area contributed by atoms with Crippen LogP contribution >= 0.6 is 0 Å². The molecule has 1 fully saturated rings. The minimum Gasteiger partial charge on any atom is -0.378 e. The van der Waals surface area contributed by atoms with E-state index in [2.05, 4.69) is 28.2 Å². The van der Waals surface area contributed by atoms with Gasteiger partial charge in [-0.1, -0.05) is 12.1 Å². The molecule has 0 saturated carbocycles. The Morgan fingerprint density at radius 2 is 2.05 bits per heavy atom. The molecule has 0 N–H and O–H groups in total. The average Bonchev–Trinajstić information content (AvgIpc) is 2.52. The molecule has 0 spiro atoms. The number of hydrogen-bond donors (Lipinski definition) is 0. The zero-order chi connectivity index (χ0) is 14.2. The Morgan fingerprint density at radius 1 is 1.35 bits per heavy atom. The van der Waals surface area contributed by atoms with E-state index in [4.69, 9.17) is 10.00 Å². The molecule has 5 nitrogen and oxygen atoms in total. The van der Waals surface area contributed by atoms with Crippen LogP contribution in [0.1, 0.15) is 12.0 Å². The molecular formula is C15H20N4O. The highest BCUT2D eigenvalue weighted by Crippen LogP contribution is 2.13. The Bertz CT molecular complexity index is 472. The molecule has 0 aliphatic carbocycles. The van der Waals surface area contributed by atoms with Gasteiger partial charge in [0.15, 0.2) is 0 Å². The monoisotopic (exact) mass is 272 g/mol. The fourth-order valence-electron chi connectivity index (χ4n) is 1.98. The van der Waals surface area contributed by atoms with Gasteiger partial charge in [0.05, 0.1) is 45.0 Å². The molecule has 1 aliphatic rings. The molecule has 0 atom stereocenters. The molecular weight excluding hydrogens is 252 g/mol. The zero-order valence-electron chi connectivity index (χ0n) is 11.8. The third-order valence-electron chi connectivity index (χ3n) is 3.25. The van der Waals surface area contributed by atoms with E-state index < -0.39 is 0 Å². The second-order valence-corrected chi connectivity index (χ2v) is 4.73. The summed E-state index contributed by atoms with van der Waals surface area (Å²) in [5, 5.41) is 15.1. The number of rotatable bonds is 5. The first-order valence-electron chi connectivity index (χ1n) is 6.84. The number of benzene rings is 1. The lowest BCUT2D eigenvalue weighted by Gasteiger charge is -2.23. The maximum Gasteiger partial charge on any atom is 0.0659 e. The van der Waals surface area contributed by atoms with Gasteiger partial charge < -0.3 is 9.64 Å². The van der Waals surface area contributed by atoms with Gasteiger partial charge in [0.1, 0.15) is 0 Å². The van der Waals surface area contributed by atoms with Crippen LogP contribution in [0, 0.1) is 11.3 Å². The maximum atomic E-state index is 8.59. The van der Waals surface area contributed by atoms with Crippen LogP contribution in [-0.2, 0) is 4.74 Å². The van der Waals surface area contributed by atoms with Crippen LogP contribution in [0.25, 0.3) is 0 Å². The summed E-state index contributed by atoms with van der Waals surface area (Å²) in [4.78, 5) is 2.08. The second-order valence-electron chi connectivity index (χ2n) is 4.73. The normalized spacial score (nSPS) is 15.3. The maximum absolute atomic E-state index is 8.59. The summed E-state index contributed by atoms with van der Waals surface area (Å²) in [7, 11) is 1.99. The molecule has 1 aromatic carbocycles. The predicted molar refractivity (Wildman–Crippen MR) is 79.9 cm³/mol. The lowest BCUT2D eigenvalue weighted by atomic mass is 10.2. The van der Waals surface area contributed by atoms with E-state index >= 15 is 0 Å². The van der Waals surface area contributed by atoms with Crippen LogP contribution < -0.4 is 4.90 Å². The van der Waals surface area contributed by atoms with Gasteiger partial charge in [0.2, 0.25) is 0 Å². The van der Waals surface area contributed by atoms with Crippen molar-refractivity contribution in [3.8, 4) is 6.07 Å². The van der Waals surface area contributed by atoms with Crippen LogP contribution in [0.2, 0.25) is 0 Å². The van der Waals surface area contributed by atoms with E-state index in [9.17, 15) is 0 Å². The molecule has 1 saturated heterocycles. The van der Waals surface area contributed by atoms with Crippen LogP contribution in [0.4, 0.5) is 5.69 Å². The third kappa shape index (κ3) is 4.25. The Balaban J connectivity index is 1.90. The number of anilines is 1. The van der Waals surface area contributed by atoms with E-state index in [1.807, 2.05) is 30.4 Å². The highest BCUT2D eigenvalue weighted by Gasteiger charge is 2.06. The summed E-state index contributed by atoms with van der Waals surface area (Å²) in [5.74, 6) is 0. The molecule has 0 radical (unpaired) electrons. The lowest BCUT2D eigenvalue weighted by Crippen LogP contribution is -2.32. The summed E-state index contributed by atoms with van der Waals surface area (Å²) < 4.78 is 5.28. The minimum absolute atomic E-state index is 0.538. The van der Waals surface area contributed by atoms with Gasteiger partial charge in [-0.25, -0.2) is 0 Å². The van der Waals surface area contributed by atoms with Crippen molar-refractivity contribution in [2.24, 2.45) is 5.10 Å². The van der Waals surface area contributed by atoms with E-state index in [-0.39, 0.29) is 0 Å². The van der Waals surface area contributed by atoms with Gasteiger partial charge in [0, 0.05) is 19.3 Å². The molecule has 2 rings (SSSR count). The van der Waals surface area contributed by atoms with E-state index in [0.717, 1.165) is 44.1 Å². The van der Waals surface area contributed by atoms with E-state index in [1.165, 1.54) is 0 Å². The standard InChI is InChI=1S/C15H20N4O/c1-18(8-2-7-16)15-5-3-14(4-6-15)13-17-19-9-11-20-12-10-19/h3-6,13H,2,8-12H2,1H3/b17-13+. The van der Waals surface area contributed by atoms with Crippen LogP contribution in [0.5, 0.6) is 0 Å². The van der Waals surface area contributed by atoms with Crippen LogP contribution in [0.15, 0.2) is 29.4 Å². The molecule has 1 heterocycles. The predicted octanol–water partition coefficient (Wildman–Crippen LogP) is 1.70. The first-order valence-corrected chi connectivity index (χ1v) is 6.84. The average molecular weight is 272 g/mol. The van der Waals surface area contributed by atoms with Crippen molar-refractivity contribution < 1.29 is 4.74 Å². The molecule has 0 bridgehead atoms. The van der Waals surface area contributed by atoms with Crippen LogP contribution in [-0.4, -0.2) is 51.1 Å². The highest BCUT2D eigenvalue weighted by atomic mass is 16.5. The van der Waals surface area contributed by atoms with Crippen molar-refractivity contribution >= 4 is 11.9 Å². The second kappa shape index (κ2) is 7.51.